The Morgan fingerprint density at radius 2 is 2.14 bits per heavy atom. The summed E-state index contributed by atoms with van der Waals surface area (Å²) >= 11 is 6.12. The van der Waals surface area contributed by atoms with E-state index in [0.717, 1.165) is 0 Å². The van der Waals surface area contributed by atoms with Crippen LogP contribution < -0.4 is 15.8 Å². The molecule has 0 aliphatic carbocycles. The molecule has 0 bridgehead atoms. The molecule has 3 N–H and O–H groups in total. The number of hydrogen-bond donors (Lipinski definition) is 2. The molecule has 2 rings (SSSR count). The zero-order valence-corrected chi connectivity index (χ0v) is 14.1. The number of hydrogen-bond acceptors (Lipinski definition) is 4. The minimum absolute atomic E-state index is 0. The average Bonchev–Trinajstić information content (AvgIpc) is 2.50. The van der Waals surface area contributed by atoms with Crippen molar-refractivity contribution in [2.24, 2.45) is 11.1 Å². The van der Waals surface area contributed by atoms with E-state index in [1.807, 2.05) is 6.92 Å². The molecule has 5 nitrogen and oxygen atoms in total. The van der Waals surface area contributed by atoms with Gasteiger partial charge in [0.05, 0.1) is 17.0 Å². The van der Waals surface area contributed by atoms with Crippen LogP contribution >= 0.6 is 24.0 Å². The molecule has 1 heterocycles. The minimum atomic E-state index is -0.552. The summed E-state index contributed by atoms with van der Waals surface area (Å²) in [7, 11) is 0. The molecule has 0 aromatic heterocycles. The van der Waals surface area contributed by atoms with Gasteiger partial charge in [0.15, 0.2) is 0 Å². The zero-order valence-electron chi connectivity index (χ0n) is 12.6. The third-order valence-electron chi connectivity index (χ3n) is 3.81. The molecule has 1 amide bonds. The number of carbonyl (C=O) groups is 1. The summed E-state index contributed by atoms with van der Waals surface area (Å²) in [6.45, 7) is 3.88. The topological polar surface area (TPSA) is 73.6 Å². The SMILES string of the molecule is CCOc1ccc(NC(=O)C2(CN)CCOCC2)cc1Cl.Cl. The van der Waals surface area contributed by atoms with E-state index in [4.69, 9.17) is 26.8 Å². The van der Waals surface area contributed by atoms with E-state index < -0.39 is 5.41 Å². The number of halogens is 2. The van der Waals surface area contributed by atoms with Gasteiger partial charge in [-0.05, 0) is 38.0 Å². The Morgan fingerprint density at radius 1 is 1.45 bits per heavy atom. The van der Waals surface area contributed by atoms with E-state index in [9.17, 15) is 4.79 Å². The highest BCUT2D eigenvalue weighted by atomic mass is 35.5. The molecular formula is C15H22Cl2N2O3. The first-order valence-electron chi connectivity index (χ1n) is 7.13. The third kappa shape index (κ3) is 4.26. The Hall–Kier alpha value is -1.01. The summed E-state index contributed by atoms with van der Waals surface area (Å²) < 4.78 is 10.7. The molecule has 124 valence electrons. The molecule has 0 spiro atoms. The van der Waals surface area contributed by atoms with Crippen LogP contribution in [0.5, 0.6) is 5.75 Å². The van der Waals surface area contributed by atoms with Gasteiger partial charge in [0.2, 0.25) is 5.91 Å². The molecule has 1 fully saturated rings. The Labute approximate surface area is 141 Å². The van der Waals surface area contributed by atoms with Gasteiger partial charge < -0.3 is 20.5 Å². The Balaban J connectivity index is 0.00000242. The second-order valence-electron chi connectivity index (χ2n) is 5.13. The molecule has 1 aromatic rings. The van der Waals surface area contributed by atoms with E-state index in [-0.39, 0.29) is 18.3 Å². The standard InChI is InChI=1S/C15H21ClN2O3.ClH/c1-2-21-13-4-3-11(9-12(13)16)18-14(19)15(10-17)5-7-20-8-6-15;/h3-4,9H,2,5-8,10,17H2,1H3,(H,18,19);1H. The number of anilines is 1. The van der Waals surface area contributed by atoms with Crippen molar-refractivity contribution in [3.05, 3.63) is 23.2 Å². The number of nitrogens with one attached hydrogen (secondary N) is 1. The third-order valence-corrected chi connectivity index (χ3v) is 4.11. The van der Waals surface area contributed by atoms with Crippen molar-refractivity contribution in [2.45, 2.75) is 19.8 Å². The van der Waals surface area contributed by atoms with Crippen LogP contribution in [0.15, 0.2) is 18.2 Å². The highest BCUT2D eigenvalue weighted by Gasteiger charge is 2.38. The summed E-state index contributed by atoms with van der Waals surface area (Å²) in [6, 6.07) is 5.22. The first kappa shape index (κ1) is 19.0. The number of amides is 1. The van der Waals surface area contributed by atoms with E-state index in [1.165, 1.54) is 0 Å². The lowest BCUT2D eigenvalue weighted by Crippen LogP contribution is -2.46. The fraction of sp³-hybridized carbons (Fsp3) is 0.533. The molecule has 22 heavy (non-hydrogen) atoms. The number of ether oxygens (including phenoxy) is 2. The first-order chi connectivity index (χ1) is 10.1. The Bertz CT molecular complexity index is 506. The van der Waals surface area contributed by atoms with E-state index >= 15 is 0 Å². The highest BCUT2D eigenvalue weighted by molar-refractivity contribution is 6.32. The monoisotopic (exact) mass is 348 g/mol. The van der Waals surface area contributed by atoms with Crippen molar-refractivity contribution in [3.63, 3.8) is 0 Å². The van der Waals surface area contributed by atoms with Crippen molar-refractivity contribution in [1.29, 1.82) is 0 Å². The van der Waals surface area contributed by atoms with Gasteiger partial charge in [-0.1, -0.05) is 11.6 Å². The van der Waals surface area contributed by atoms with Gasteiger partial charge in [0.1, 0.15) is 5.75 Å². The van der Waals surface area contributed by atoms with Crippen LogP contribution in [0.3, 0.4) is 0 Å². The lowest BCUT2D eigenvalue weighted by molar-refractivity contribution is -0.130. The molecule has 7 heteroatoms. The summed E-state index contributed by atoms with van der Waals surface area (Å²) in [6.07, 6.45) is 1.28. The molecular weight excluding hydrogens is 327 g/mol. The summed E-state index contributed by atoms with van der Waals surface area (Å²) in [5, 5.41) is 3.37. The zero-order chi connectivity index (χ0) is 15.3. The molecule has 0 atom stereocenters. The van der Waals surface area contributed by atoms with Crippen LogP contribution in [-0.4, -0.2) is 32.3 Å². The smallest absolute Gasteiger partial charge is 0.232 e. The largest absolute Gasteiger partial charge is 0.492 e. The van der Waals surface area contributed by atoms with Gasteiger partial charge in [0.25, 0.3) is 0 Å². The number of rotatable bonds is 5. The maximum Gasteiger partial charge on any atom is 0.232 e. The van der Waals surface area contributed by atoms with Gasteiger partial charge in [-0.15, -0.1) is 12.4 Å². The molecule has 0 unspecified atom stereocenters. The van der Waals surface area contributed by atoms with Gasteiger partial charge >= 0.3 is 0 Å². The highest BCUT2D eigenvalue weighted by Crippen LogP contribution is 2.32. The molecule has 1 aliphatic heterocycles. The van der Waals surface area contributed by atoms with E-state index in [2.05, 4.69) is 5.32 Å². The first-order valence-corrected chi connectivity index (χ1v) is 7.51. The van der Waals surface area contributed by atoms with Gasteiger partial charge in [-0.3, -0.25) is 4.79 Å². The second-order valence-corrected chi connectivity index (χ2v) is 5.54. The van der Waals surface area contributed by atoms with Crippen LogP contribution in [0.25, 0.3) is 0 Å². The fourth-order valence-electron chi connectivity index (χ4n) is 2.40. The molecule has 1 aliphatic rings. The van der Waals surface area contributed by atoms with Gasteiger partial charge in [-0.25, -0.2) is 0 Å². The number of nitrogens with two attached hydrogens (primary N) is 1. The average molecular weight is 349 g/mol. The lowest BCUT2D eigenvalue weighted by Gasteiger charge is -2.34. The molecule has 1 saturated heterocycles. The summed E-state index contributed by atoms with van der Waals surface area (Å²) in [5.74, 6) is 0.533. The molecule has 0 saturated carbocycles. The van der Waals surface area contributed by atoms with Gasteiger partial charge in [0, 0.05) is 25.4 Å². The van der Waals surface area contributed by atoms with Crippen LogP contribution in [0, 0.1) is 5.41 Å². The van der Waals surface area contributed by atoms with Crippen LogP contribution in [-0.2, 0) is 9.53 Å². The van der Waals surface area contributed by atoms with Crippen molar-refractivity contribution in [3.8, 4) is 5.75 Å². The minimum Gasteiger partial charge on any atom is -0.492 e. The quantitative estimate of drug-likeness (QED) is 0.857. The van der Waals surface area contributed by atoms with Crippen LogP contribution in [0.1, 0.15) is 19.8 Å². The predicted octanol–water partition coefficient (Wildman–Crippen LogP) is 2.85. The van der Waals surface area contributed by atoms with Crippen LogP contribution in [0.2, 0.25) is 5.02 Å². The maximum absolute atomic E-state index is 12.5. The summed E-state index contributed by atoms with van der Waals surface area (Å²) in [4.78, 5) is 12.5. The maximum atomic E-state index is 12.5. The molecule has 0 radical (unpaired) electrons. The van der Waals surface area contributed by atoms with Gasteiger partial charge in [-0.2, -0.15) is 0 Å². The van der Waals surface area contributed by atoms with Crippen molar-refractivity contribution in [1.82, 2.24) is 0 Å². The van der Waals surface area contributed by atoms with Crippen molar-refractivity contribution >= 4 is 35.6 Å². The van der Waals surface area contributed by atoms with Crippen molar-refractivity contribution < 1.29 is 14.3 Å². The van der Waals surface area contributed by atoms with Crippen molar-refractivity contribution in [2.75, 3.05) is 31.7 Å². The number of carbonyl (C=O) groups excluding carboxylic acids is 1. The summed E-state index contributed by atoms with van der Waals surface area (Å²) in [5.41, 5.74) is 5.92. The Morgan fingerprint density at radius 3 is 2.68 bits per heavy atom. The van der Waals surface area contributed by atoms with E-state index in [0.29, 0.717) is 55.7 Å². The second kappa shape index (κ2) is 8.58. The lowest BCUT2D eigenvalue weighted by atomic mass is 9.79. The predicted molar refractivity (Wildman–Crippen MR) is 90.0 cm³/mol. The van der Waals surface area contributed by atoms with E-state index in [1.54, 1.807) is 18.2 Å². The Kier molecular flexibility index (Phi) is 7.42. The normalized spacial score (nSPS) is 16.5. The number of benzene rings is 1. The fourth-order valence-corrected chi connectivity index (χ4v) is 2.64. The molecule has 1 aromatic carbocycles. The van der Waals surface area contributed by atoms with Crippen LogP contribution in [0.4, 0.5) is 5.69 Å².